The molecule has 1 aromatic heterocycles. The third-order valence-corrected chi connectivity index (χ3v) is 2.53. The molecule has 0 saturated carbocycles. The van der Waals surface area contributed by atoms with Crippen LogP contribution in [-0.2, 0) is 16.0 Å². The van der Waals surface area contributed by atoms with Crippen LogP contribution in [0.1, 0.15) is 11.1 Å². The number of aromatic nitrogens is 1. The second kappa shape index (κ2) is 4.62. The second-order valence-electron chi connectivity index (χ2n) is 3.60. The van der Waals surface area contributed by atoms with Gasteiger partial charge in [-0.05, 0) is 23.1 Å². The van der Waals surface area contributed by atoms with Crippen molar-refractivity contribution in [2.24, 2.45) is 0 Å². The average Bonchev–Trinajstić information content (AvgIpc) is 2.38. The van der Waals surface area contributed by atoms with Crippen molar-refractivity contribution in [3.8, 4) is 6.07 Å². The Kier molecular flexibility index (Phi) is 3.01. The smallest absolute Gasteiger partial charge is 0.310 e. The van der Waals surface area contributed by atoms with Crippen LogP contribution in [0.25, 0.3) is 10.8 Å². The van der Waals surface area contributed by atoms with Gasteiger partial charge in [-0.25, -0.2) is 0 Å². The van der Waals surface area contributed by atoms with Gasteiger partial charge in [-0.3, -0.25) is 9.78 Å². The van der Waals surface area contributed by atoms with Crippen LogP contribution in [0, 0.1) is 11.3 Å². The first kappa shape index (κ1) is 11.1. The number of carbonyl (C=O) groups is 1. The van der Waals surface area contributed by atoms with E-state index in [0.29, 0.717) is 5.56 Å². The molecule has 0 spiro atoms. The summed E-state index contributed by atoms with van der Waals surface area (Å²) in [6.45, 7) is 0. The van der Waals surface area contributed by atoms with Crippen LogP contribution in [0.2, 0.25) is 0 Å². The number of benzene rings is 1. The van der Waals surface area contributed by atoms with Gasteiger partial charge in [0.25, 0.3) is 0 Å². The van der Waals surface area contributed by atoms with Gasteiger partial charge in [0, 0.05) is 17.8 Å². The molecule has 0 aliphatic carbocycles. The van der Waals surface area contributed by atoms with Crippen LogP contribution in [-0.4, -0.2) is 18.1 Å². The number of hydrogen-bond donors (Lipinski definition) is 0. The van der Waals surface area contributed by atoms with E-state index in [2.05, 4.69) is 15.8 Å². The zero-order valence-corrected chi connectivity index (χ0v) is 9.30. The summed E-state index contributed by atoms with van der Waals surface area (Å²) in [5.41, 5.74) is 1.33. The quantitative estimate of drug-likeness (QED) is 0.733. The number of ether oxygens (including phenoxy) is 1. The number of nitrogens with zero attached hydrogens (tertiary/aromatic N) is 2. The lowest BCUT2D eigenvalue weighted by molar-refractivity contribution is -0.139. The summed E-state index contributed by atoms with van der Waals surface area (Å²) in [5.74, 6) is -0.318. The van der Waals surface area contributed by atoms with Crippen molar-refractivity contribution < 1.29 is 9.53 Å². The molecule has 4 heteroatoms. The van der Waals surface area contributed by atoms with Crippen molar-refractivity contribution in [1.82, 2.24) is 4.98 Å². The number of esters is 1. The van der Waals surface area contributed by atoms with E-state index in [9.17, 15) is 4.79 Å². The topological polar surface area (TPSA) is 63.0 Å². The Morgan fingerprint density at radius 1 is 1.47 bits per heavy atom. The van der Waals surface area contributed by atoms with Crippen LogP contribution in [0.15, 0.2) is 30.6 Å². The molecular weight excluding hydrogens is 216 g/mol. The van der Waals surface area contributed by atoms with E-state index in [-0.39, 0.29) is 12.4 Å². The molecule has 84 valence electrons. The molecule has 0 atom stereocenters. The Balaban J connectivity index is 2.55. The normalized spacial score (nSPS) is 9.88. The maximum absolute atomic E-state index is 11.3. The average molecular weight is 226 g/mol. The molecule has 4 nitrogen and oxygen atoms in total. The van der Waals surface area contributed by atoms with Crippen LogP contribution < -0.4 is 0 Å². The third kappa shape index (κ3) is 2.23. The molecule has 0 amide bonds. The summed E-state index contributed by atoms with van der Waals surface area (Å²) < 4.78 is 4.63. The van der Waals surface area contributed by atoms with Crippen molar-refractivity contribution in [2.45, 2.75) is 6.42 Å². The SMILES string of the molecule is COC(=O)Cc1cncc2ccc(C#N)cc12. The van der Waals surface area contributed by atoms with Crippen molar-refractivity contribution in [2.75, 3.05) is 7.11 Å². The fourth-order valence-corrected chi connectivity index (χ4v) is 1.66. The molecule has 2 aromatic rings. The van der Waals surface area contributed by atoms with Crippen LogP contribution in [0.3, 0.4) is 0 Å². The summed E-state index contributed by atoms with van der Waals surface area (Å²) >= 11 is 0. The zero-order chi connectivity index (χ0) is 12.3. The number of rotatable bonds is 2. The van der Waals surface area contributed by atoms with E-state index in [1.807, 2.05) is 6.07 Å². The highest BCUT2D eigenvalue weighted by Gasteiger charge is 2.08. The number of fused-ring (bicyclic) bond motifs is 1. The first-order valence-electron chi connectivity index (χ1n) is 5.08. The van der Waals surface area contributed by atoms with E-state index in [0.717, 1.165) is 16.3 Å². The maximum atomic E-state index is 11.3. The van der Waals surface area contributed by atoms with Crippen LogP contribution in [0.4, 0.5) is 0 Å². The van der Waals surface area contributed by atoms with Gasteiger partial charge < -0.3 is 4.74 Å². The lowest BCUT2D eigenvalue weighted by Crippen LogP contribution is -2.05. The summed E-state index contributed by atoms with van der Waals surface area (Å²) in [5, 5.41) is 10.6. The van der Waals surface area contributed by atoms with E-state index in [1.165, 1.54) is 7.11 Å². The minimum Gasteiger partial charge on any atom is -0.469 e. The molecule has 0 radical (unpaired) electrons. The van der Waals surface area contributed by atoms with Gasteiger partial charge in [0.1, 0.15) is 0 Å². The first-order chi connectivity index (χ1) is 8.24. The lowest BCUT2D eigenvalue weighted by Gasteiger charge is -2.05. The highest BCUT2D eigenvalue weighted by molar-refractivity contribution is 5.89. The van der Waals surface area contributed by atoms with Gasteiger partial charge in [-0.1, -0.05) is 6.07 Å². The van der Waals surface area contributed by atoms with Crippen molar-refractivity contribution in [3.05, 3.63) is 41.7 Å². The summed E-state index contributed by atoms with van der Waals surface area (Å²) in [7, 11) is 1.35. The first-order valence-corrected chi connectivity index (χ1v) is 5.08. The molecule has 2 rings (SSSR count). The highest BCUT2D eigenvalue weighted by Crippen LogP contribution is 2.19. The molecule has 0 aliphatic heterocycles. The number of carbonyl (C=O) groups excluding carboxylic acids is 1. The number of nitriles is 1. The van der Waals surface area contributed by atoms with Crippen molar-refractivity contribution in [1.29, 1.82) is 5.26 Å². The van der Waals surface area contributed by atoms with Gasteiger partial charge >= 0.3 is 5.97 Å². The fraction of sp³-hybridized carbons (Fsp3) is 0.154. The Labute approximate surface area is 98.5 Å². The molecule has 1 heterocycles. The van der Waals surface area contributed by atoms with E-state index < -0.39 is 0 Å². The Morgan fingerprint density at radius 3 is 3.00 bits per heavy atom. The molecule has 17 heavy (non-hydrogen) atoms. The molecule has 0 unspecified atom stereocenters. The predicted octanol–water partition coefficient (Wildman–Crippen LogP) is 1.82. The molecule has 0 bridgehead atoms. The maximum Gasteiger partial charge on any atom is 0.310 e. The second-order valence-corrected chi connectivity index (χ2v) is 3.60. The Bertz CT molecular complexity index is 614. The van der Waals surface area contributed by atoms with E-state index in [1.54, 1.807) is 24.5 Å². The Hall–Kier alpha value is -2.41. The van der Waals surface area contributed by atoms with Crippen LogP contribution in [0.5, 0.6) is 0 Å². The summed E-state index contributed by atoms with van der Waals surface area (Å²) in [4.78, 5) is 15.3. The molecule has 0 N–H and O–H groups in total. The van der Waals surface area contributed by atoms with E-state index in [4.69, 9.17) is 5.26 Å². The molecule has 0 saturated heterocycles. The monoisotopic (exact) mass is 226 g/mol. The Morgan fingerprint density at radius 2 is 2.29 bits per heavy atom. The summed E-state index contributed by atoms with van der Waals surface area (Å²) in [6, 6.07) is 7.39. The lowest BCUT2D eigenvalue weighted by atomic mass is 10.0. The van der Waals surface area contributed by atoms with E-state index >= 15 is 0 Å². The van der Waals surface area contributed by atoms with Gasteiger partial charge in [0.15, 0.2) is 0 Å². The minimum atomic E-state index is -0.318. The molecule has 0 aliphatic rings. The fourth-order valence-electron chi connectivity index (χ4n) is 1.66. The van der Waals surface area contributed by atoms with Gasteiger partial charge in [-0.2, -0.15) is 5.26 Å². The minimum absolute atomic E-state index is 0.162. The van der Waals surface area contributed by atoms with Crippen molar-refractivity contribution in [3.63, 3.8) is 0 Å². The number of methoxy groups -OCH3 is 1. The largest absolute Gasteiger partial charge is 0.469 e. The van der Waals surface area contributed by atoms with Gasteiger partial charge in [-0.15, -0.1) is 0 Å². The van der Waals surface area contributed by atoms with Gasteiger partial charge in [0.05, 0.1) is 25.2 Å². The molecule has 1 aromatic carbocycles. The third-order valence-electron chi connectivity index (χ3n) is 2.53. The standard InChI is InChI=1S/C13H10N2O2/c1-17-13(16)5-11-8-15-7-10-3-2-9(6-14)4-12(10)11/h2-4,7-8H,5H2,1H3. The predicted molar refractivity (Wildman–Crippen MR) is 62.2 cm³/mol. The van der Waals surface area contributed by atoms with Gasteiger partial charge in [0.2, 0.25) is 0 Å². The number of hydrogen-bond acceptors (Lipinski definition) is 4. The summed E-state index contributed by atoms with van der Waals surface area (Å²) in [6.07, 6.45) is 3.49. The number of pyridine rings is 1. The molecule has 0 fully saturated rings. The molecular formula is C13H10N2O2. The zero-order valence-electron chi connectivity index (χ0n) is 9.30. The van der Waals surface area contributed by atoms with Crippen molar-refractivity contribution >= 4 is 16.7 Å². The van der Waals surface area contributed by atoms with Crippen LogP contribution >= 0.6 is 0 Å². The highest BCUT2D eigenvalue weighted by atomic mass is 16.5.